The zero-order chi connectivity index (χ0) is 34.7. The van der Waals surface area contributed by atoms with E-state index in [1.807, 2.05) is 0 Å². The number of aromatic nitrogens is 1. The number of alkyl halides is 2. The van der Waals surface area contributed by atoms with Crippen molar-refractivity contribution in [3.63, 3.8) is 0 Å². The van der Waals surface area contributed by atoms with Crippen LogP contribution in [0.1, 0.15) is 40.4 Å². The Labute approximate surface area is 290 Å². The monoisotopic (exact) mass is 745 g/mol. The SMILES string of the molecule is CN(C)C(=O)c1cccc(S(=O)(=O)N2CSC[C@H]2C(=O)O[C@@H](Cc2c(Cl)c[n+]([O-])cc2Cl)c2ccc(OC(F)F)c(OCC3CC3)c2)c1. The Morgan fingerprint density at radius 3 is 2.46 bits per heavy atom. The van der Waals surface area contributed by atoms with Gasteiger partial charge in [0, 0.05) is 37.4 Å². The van der Waals surface area contributed by atoms with Crippen LogP contribution in [0.5, 0.6) is 11.5 Å². The molecule has 48 heavy (non-hydrogen) atoms. The molecule has 1 aromatic heterocycles. The lowest BCUT2D eigenvalue weighted by Crippen LogP contribution is -2.43. The molecule has 0 N–H and O–H groups in total. The van der Waals surface area contributed by atoms with E-state index in [2.05, 4.69) is 4.74 Å². The van der Waals surface area contributed by atoms with Crippen LogP contribution in [-0.2, 0) is 26.0 Å². The van der Waals surface area contributed by atoms with Gasteiger partial charge >= 0.3 is 12.6 Å². The summed E-state index contributed by atoms with van der Waals surface area (Å²) in [4.78, 5) is 27.5. The van der Waals surface area contributed by atoms with Crippen molar-refractivity contribution in [3.05, 3.63) is 86.8 Å². The number of sulfonamides is 1. The first-order valence-corrected chi connectivity index (χ1v) is 18.0. The van der Waals surface area contributed by atoms with Crippen molar-refractivity contribution in [2.24, 2.45) is 5.92 Å². The minimum Gasteiger partial charge on any atom is -0.619 e. The Hall–Kier alpha value is -3.37. The van der Waals surface area contributed by atoms with Crippen LogP contribution in [0.4, 0.5) is 8.78 Å². The minimum absolute atomic E-state index is 0.00353. The Morgan fingerprint density at radius 2 is 1.81 bits per heavy atom. The van der Waals surface area contributed by atoms with Crippen LogP contribution in [0, 0.1) is 11.1 Å². The predicted octanol–water partition coefficient (Wildman–Crippen LogP) is 5.31. The van der Waals surface area contributed by atoms with Gasteiger partial charge in [-0.25, -0.2) is 8.42 Å². The molecule has 3 aromatic rings. The molecule has 1 aliphatic carbocycles. The number of hydrogen-bond acceptors (Lipinski definition) is 9. The van der Waals surface area contributed by atoms with Crippen molar-refractivity contribution in [2.45, 2.75) is 42.9 Å². The molecule has 5 rings (SSSR count). The van der Waals surface area contributed by atoms with Gasteiger partial charge in [-0.2, -0.15) is 17.8 Å². The Kier molecular flexibility index (Phi) is 11.2. The number of esters is 1. The summed E-state index contributed by atoms with van der Waals surface area (Å²) in [5.41, 5.74) is 0.697. The summed E-state index contributed by atoms with van der Waals surface area (Å²) in [5.74, 6) is -1.23. The van der Waals surface area contributed by atoms with Gasteiger partial charge in [-0.1, -0.05) is 35.3 Å². The van der Waals surface area contributed by atoms with Crippen LogP contribution in [-0.4, -0.2) is 74.5 Å². The number of carbonyl (C=O) groups is 2. The highest BCUT2D eigenvalue weighted by Gasteiger charge is 2.42. The van der Waals surface area contributed by atoms with Gasteiger partial charge in [0.15, 0.2) is 23.9 Å². The van der Waals surface area contributed by atoms with Crippen molar-refractivity contribution in [3.8, 4) is 11.5 Å². The van der Waals surface area contributed by atoms with Crippen LogP contribution in [0.2, 0.25) is 10.0 Å². The second kappa shape index (κ2) is 15.0. The second-order valence-electron chi connectivity index (χ2n) is 11.4. The quantitative estimate of drug-likeness (QED) is 0.130. The highest BCUT2D eigenvalue weighted by Crippen LogP contribution is 2.39. The number of halogens is 4. The van der Waals surface area contributed by atoms with Gasteiger partial charge in [0.25, 0.3) is 5.91 Å². The summed E-state index contributed by atoms with van der Waals surface area (Å²) < 4.78 is 71.8. The molecule has 1 amide bonds. The van der Waals surface area contributed by atoms with E-state index in [1.165, 1.54) is 59.1 Å². The molecule has 2 aliphatic rings. The number of ether oxygens (including phenoxy) is 3. The Bertz CT molecular complexity index is 1770. The summed E-state index contributed by atoms with van der Waals surface area (Å²) in [6.45, 7) is -2.86. The van der Waals surface area contributed by atoms with Crippen molar-refractivity contribution in [2.75, 3.05) is 32.3 Å². The highest BCUT2D eigenvalue weighted by molar-refractivity contribution is 8.00. The van der Waals surface area contributed by atoms with E-state index in [4.69, 9.17) is 32.7 Å². The molecule has 17 heteroatoms. The maximum Gasteiger partial charge on any atom is 0.387 e. The first-order valence-electron chi connectivity index (χ1n) is 14.6. The molecule has 1 saturated heterocycles. The highest BCUT2D eigenvalue weighted by atomic mass is 35.5. The lowest BCUT2D eigenvalue weighted by molar-refractivity contribution is -0.605. The van der Waals surface area contributed by atoms with Crippen molar-refractivity contribution in [1.29, 1.82) is 0 Å². The van der Waals surface area contributed by atoms with E-state index in [0.717, 1.165) is 29.5 Å². The lowest BCUT2D eigenvalue weighted by atomic mass is 10.0. The summed E-state index contributed by atoms with van der Waals surface area (Å²) >= 11 is 13.9. The fourth-order valence-electron chi connectivity index (χ4n) is 4.91. The van der Waals surface area contributed by atoms with E-state index in [0.29, 0.717) is 4.73 Å². The van der Waals surface area contributed by atoms with Crippen molar-refractivity contribution >= 4 is 56.9 Å². The smallest absolute Gasteiger partial charge is 0.387 e. The second-order valence-corrected chi connectivity index (χ2v) is 15.1. The molecule has 2 aromatic carbocycles. The van der Waals surface area contributed by atoms with Gasteiger partial charge < -0.3 is 24.3 Å². The third-order valence-electron chi connectivity index (χ3n) is 7.64. The van der Waals surface area contributed by atoms with E-state index in [1.54, 1.807) is 14.1 Å². The number of pyridine rings is 1. The fraction of sp³-hybridized carbons (Fsp3) is 0.387. The molecule has 1 saturated carbocycles. The van der Waals surface area contributed by atoms with E-state index in [-0.39, 0.29) is 73.7 Å². The summed E-state index contributed by atoms with van der Waals surface area (Å²) in [7, 11) is -1.19. The fourth-order valence-corrected chi connectivity index (χ4v) is 8.68. The van der Waals surface area contributed by atoms with Gasteiger partial charge in [-0.15, -0.1) is 11.8 Å². The number of carbonyl (C=O) groups excluding carboxylic acids is 2. The van der Waals surface area contributed by atoms with E-state index in [9.17, 15) is 32.0 Å². The predicted molar refractivity (Wildman–Crippen MR) is 174 cm³/mol. The molecule has 0 radical (unpaired) electrons. The van der Waals surface area contributed by atoms with Crippen LogP contribution < -0.4 is 14.2 Å². The van der Waals surface area contributed by atoms with E-state index >= 15 is 0 Å². The molecule has 258 valence electrons. The average Bonchev–Trinajstić information content (AvgIpc) is 3.72. The summed E-state index contributed by atoms with van der Waals surface area (Å²) in [6.07, 6.45) is 2.67. The standard InChI is InChI=1S/C31H31Cl2F2N3O8S2/c1-36(2)29(39)20-4-3-5-21(10-20)48(42,43)38-17-47-16-25(38)30(40)45-27(12-22-23(32)13-37(41)14-24(22)33)19-8-9-26(46-31(34)35)28(11-19)44-15-18-6-7-18/h3-5,8-11,13-14,18,25,27,31H,6-7,12,15-17H2,1-2H3/t25-,27-/m0/s1. The molecule has 2 fully saturated rings. The average molecular weight is 747 g/mol. The van der Waals surface area contributed by atoms with Crippen LogP contribution in [0.3, 0.4) is 0 Å². The molecular formula is C31H31Cl2F2N3O8S2. The van der Waals surface area contributed by atoms with Crippen LogP contribution in [0.25, 0.3) is 0 Å². The molecule has 2 atom stereocenters. The zero-order valence-electron chi connectivity index (χ0n) is 25.7. The zero-order valence-corrected chi connectivity index (χ0v) is 28.8. The van der Waals surface area contributed by atoms with Crippen LogP contribution in [0.15, 0.2) is 59.8 Å². The summed E-state index contributed by atoms with van der Waals surface area (Å²) in [6, 6.07) is 8.33. The Balaban J connectivity index is 1.47. The molecule has 1 aliphatic heterocycles. The third-order valence-corrected chi connectivity index (χ3v) is 11.3. The maximum absolute atomic E-state index is 13.8. The largest absolute Gasteiger partial charge is 0.619 e. The number of benzene rings is 2. The molecule has 0 bridgehead atoms. The van der Waals surface area contributed by atoms with Gasteiger partial charge in [0.1, 0.15) is 22.2 Å². The minimum atomic E-state index is -4.27. The lowest BCUT2D eigenvalue weighted by Gasteiger charge is -2.26. The molecule has 0 spiro atoms. The first-order chi connectivity index (χ1) is 22.7. The van der Waals surface area contributed by atoms with E-state index < -0.39 is 40.7 Å². The molecule has 11 nitrogen and oxygen atoms in total. The van der Waals surface area contributed by atoms with Gasteiger partial charge in [-0.05, 0) is 54.7 Å². The maximum atomic E-state index is 13.8. The normalized spacial score (nSPS) is 17.3. The van der Waals surface area contributed by atoms with Crippen molar-refractivity contribution in [1.82, 2.24) is 9.21 Å². The molecular weight excluding hydrogens is 715 g/mol. The third kappa shape index (κ3) is 8.43. The number of thioether (sulfide) groups is 1. The van der Waals surface area contributed by atoms with Crippen molar-refractivity contribution < 1.29 is 45.7 Å². The molecule has 2 heterocycles. The van der Waals surface area contributed by atoms with Gasteiger partial charge in [-0.3, -0.25) is 9.59 Å². The Morgan fingerprint density at radius 1 is 1.10 bits per heavy atom. The number of rotatable bonds is 13. The van der Waals surface area contributed by atoms with Crippen LogP contribution >= 0.6 is 35.0 Å². The number of nitrogens with zero attached hydrogens (tertiary/aromatic N) is 3. The van der Waals surface area contributed by atoms with Gasteiger partial charge in [0.2, 0.25) is 10.0 Å². The number of amides is 1. The number of hydrogen-bond donors (Lipinski definition) is 0. The first kappa shape index (κ1) is 35.9. The topological polar surface area (TPSA) is 129 Å². The molecule has 0 unspecified atom stereocenters. The summed E-state index contributed by atoms with van der Waals surface area (Å²) in [5, 5.41) is 11.9. The van der Waals surface area contributed by atoms with Gasteiger partial charge in [0.05, 0.1) is 17.4 Å².